The Morgan fingerprint density at radius 2 is 1.47 bits per heavy atom. The van der Waals surface area contributed by atoms with E-state index in [9.17, 15) is 33.6 Å². The lowest BCUT2D eigenvalue weighted by Gasteiger charge is -2.42. The van der Waals surface area contributed by atoms with E-state index in [1.807, 2.05) is 36.4 Å². The third-order valence-electron chi connectivity index (χ3n) is 10.8. The van der Waals surface area contributed by atoms with E-state index in [0.29, 0.717) is 55.0 Å². The minimum absolute atomic E-state index is 0.107. The molecule has 0 radical (unpaired) electrons. The molecule has 0 spiro atoms. The van der Waals surface area contributed by atoms with Gasteiger partial charge in [-0.1, -0.05) is 66.7 Å². The van der Waals surface area contributed by atoms with Crippen molar-refractivity contribution in [3.63, 3.8) is 0 Å². The van der Waals surface area contributed by atoms with Crippen molar-refractivity contribution in [2.24, 2.45) is 0 Å². The monoisotopic (exact) mass is 819 g/mol. The number of methoxy groups -OCH3 is 2. The van der Waals surface area contributed by atoms with Crippen molar-refractivity contribution in [3.8, 4) is 22.4 Å². The highest BCUT2D eigenvalue weighted by atomic mass is 16.5. The molecule has 0 aliphatic carbocycles. The number of aromatic nitrogens is 2. The first-order chi connectivity index (χ1) is 29.0. The van der Waals surface area contributed by atoms with Crippen LogP contribution in [-0.4, -0.2) is 106 Å². The molecule has 60 heavy (non-hydrogen) atoms. The average molecular weight is 820 g/mol. The number of anilines is 1. The number of ether oxygens (including phenoxy) is 2. The van der Waals surface area contributed by atoms with Crippen molar-refractivity contribution in [2.45, 2.75) is 62.7 Å². The number of amides is 8. The standard InChI is InChI=1S/C42H45N9O9/c1-59-41(57)46-30-20-21-34(52)50-23-7-10-32(51(50)38(30)54)36-43-24-31(45-36)27-14-12-25(13-15-27)26-16-18-29(19-17-26)44-40(56)48-37(53)33-11-6-22-49(33)39(55)35(47-42(58)60-2)28-8-4-3-5-9-28/h3-5,8-9,12-19,24,30,32-33,35H,6-7,10-11,20-23H2,1-2H3,(H,43,45)(H,46,57)(H,47,58)(H2,44,48,53,56)/t30-,32-,33-,35+/m0/s1. The smallest absolute Gasteiger partial charge is 0.407 e. The molecular weight excluding hydrogens is 775 g/mol. The Hall–Kier alpha value is -7.24. The fourth-order valence-electron chi connectivity index (χ4n) is 7.80. The summed E-state index contributed by atoms with van der Waals surface area (Å²) >= 11 is 0. The molecule has 312 valence electrons. The van der Waals surface area contributed by atoms with Gasteiger partial charge in [0.25, 0.3) is 17.7 Å². The molecule has 4 aromatic rings. The Morgan fingerprint density at radius 3 is 2.17 bits per heavy atom. The lowest BCUT2D eigenvalue weighted by molar-refractivity contribution is -0.174. The third-order valence-corrected chi connectivity index (χ3v) is 10.8. The number of hydrazine groups is 1. The van der Waals surface area contributed by atoms with Gasteiger partial charge in [-0.2, -0.15) is 0 Å². The van der Waals surface area contributed by atoms with Gasteiger partial charge in [-0.25, -0.2) is 24.4 Å². The molecule has 1 aromatic heterocycles. The molecule has 4 atom stereocenters. The van der Waals surface area contributed by atoms with Crippen LogP contribution in [-0.2, 0) is 28.7 Å². The number of rotatable bonds is 9. The molecule has 8 amide bonds. The second-order valence-corrected chi connectivity index (χ2v) is 14.5. The van der Waals surface area contributed by atoms with E-state index in [2.05, 4.69) is 31.2 Å². The summed E-state index contributed by atoms with van der Waals surface area (Å²) in [6.45, 7) is 0.669. The van der Waals surface area contributed by atoms with Gasteiger partial charge in [0, 0.05) is 25.2 Å². The number of hydrogen-bond donors (Lipinski definition) is 5. The molecule has 7 rings (SSSR count). The van der Waals surface area contributed by atoms with Gasteiger partial charge >= 0.3 is 18.2 Å². The maximum Gasteiger partial charge on any atom is 0.407 e. The zero-order valence-corrected chi connectivity index (χ0v) is 33.0. The van der Waals surface area contributed by atoms with Gasteiger partial charge in [0.15, 0.2) is 0 Å². The molecule has 0 unspecified atom stereocenters. The van der Waals surface area contributed by atoms with Gasteiger partial charge in [-0.15, -0.1) is 0 Å². The molecule has 0 saturated carbocycles. The number of nitrogens with one attached hydrogen (secondary N) is 5. The van der Waals surface area contributed by atoms with E-state index in [1.54, 1.807) is 48.7 Å². The number of hydrogen-bond acceptors (Lipinski definition) is 10. The summed E-state index contributed by atoms with van der Waals surface area (Å²) in [7, 11) is 2.41. The fourth-order valence-corrected chi connectivity index (χ4v) is 7.80. The van der Waals surface area contributed by atoms with Gasteiger partial charge in [-0.05, 0) is 66.5 Å². The van der Waals surface area contributed by atoms with Gasteiger partial charge in [0.05, 0.1) is 26.1 Å². The van der Waals surface area contributed by atoms with Crippen molar-refractivity contribution in [1.29, 1.82) is 0 Å². The average Bonchev–Trinajstić information content (AvgIpc) is 3.96. The van der Waals surface area contributed by atoms with Gasteiger partial charge in [0.2, 0.25) is 5.91 Å². The van der Waals surface area contributed by atoms with Crippen molar-refractivity contribution >= 4 is 47.5 Å². The lowest BCUT2D eigenvalue weighted by Crippen LogP contribution is -2.57. The minimum atomic E-state index is -1.08. The van der Waals surface area contributed by atoms with E-state index in [0.717, 1.165) is 16.7 Å². The highest BCUT2D eigenvalue weighted by Crippen LogP contribution is 2.35. The molecule has 18 nitrogen and oxygen atoms in total. The Labute approximate surface area is 344 Å². The van der Waals surface area contributed by atoms with Crippen molar-refractivity contribution in [1.82, 2.24) is 40.8 Å². The molecule has 0 bridgehead atoms. The second kappa shape index (κ2) is 18.1. The number of benzene rings is 3. The van der Waals surface area contributed by atoms with Crippen LogP contribution in [0.4, 0.5) is 20.1 Å². The zero-order valence-electron chi connectivity index (χ0n) is 33.0. The lowest BCUT2D eigenvalue weighted by atomic mass is 10.0. The molecule has 18 heteroatoms. The number of imide groups is 1. The predicted molar refractivity (Wildman–Crippen MR) is 215 cm³/mol. The number of fused-ring (bicyclic) bond motifs is 1. The van der Waals surface area contributed by atoms with E-state index >= 15 is 0 Å². The van der Waals surface area contributed by atoms with E-state index in [-0.39, 0.29) is 25.3 Å². The van der Waals surface area contributed by atoms with Gasteiger partial charge in [-0.3, -0.25) is 29.5 Å². The number of H-pyrrole nitrogens is 1. The number of likely N-dealkylation sites (tertiary alicyclic amines) is 1. The number of urea groups is 1. The number of alkyl carbamates (subject to hydrolysis) is 2. The molecule has 3 aliphatic rings. The van der Waals surface area contributed by atoms with E-state index < -0.39 is 60.1 Å². The maximum absolute atomic E-state index is 13.7. The highest BCUT2D eigenvalue weighted by Gasteiger charge is 2.44. The Balaban J connectivity index is 0.961. The first-order valence-corrected chi connectivity index (χ1v) is 19.6. The van der Waals surface area contributed by atoms with Crippen molar-refractivity contribution < 1.29 is 43.0 Å². The first kappa shape index (κ1) is 40.9. The second-order valence-electron chi connectivity index (χ2n) is 14.5. The van der Waals surface area contributed by atoms with Crippen LogP contribution >= 0.6 is 0 Å². The summed E-state index contributed by atoms with van der Waals surface area (Å²) in [5.41, 5.74) is 4.28. The normalized spacial score (nSPS) is 19.4. The minimum Gasteiger partial charge on any atom is -0.453 e. The molecule has 3 aliphatic heterocycles. The van der Waals surface area contributed by atoms with Crippen LogP contribution in [0, 0.1) is 0 Å². The largest absolute Gasteiger partial charge is 0.453 e. The van der Waals surface area contributed by atoms with Crippen LogP contribution in [0.15, 0.2) is 85.1 Å². The van der Waals surface area contributed by atoms with Gasteiger partial charge < -0.3 is 35.3 Å². The molecule has 4 heterocycles. The SMILES string of the molecule is COC(=O)N[C@H]1CCC(=O)N2CCC[C@@H](c3ncc(-c4ccc(-c5ccc(NC(=O)NC(=O)[C@@H]6CCCN6C(=O)[C@H](NC(=O)OC)c6ccccc6)cc5)cc4)[nH]3)N2C1=O. The molecule has 3 saturated heterocycles. The number of carbonyl (C=O) groups excluding carboxylic acids is 7. The van der Waals surface area contributed by atoms with Crippen LogP contribution in [0.5, 0.6) is 0 Å². The van der Waals surface area contributed by atoms with Crippen LogP contribution in [0.25, 0.3) is 22.4 Å². The molecule has 3 aromatic carbocycles. The summed E-state index contributed by atoms with van der Waals surface area (Å²) in [4.78, 5) is 99.8. The highest BCUT2D eigenvalue weighted by molar-refractivity contribution is 6.04. The topological polar surface area (TPSA) is 224 Å². The number of carbonyl (C=O) groups is 7. The number of imidazole rings is 1. The van der Waals surface area contributed by atoms with Crippen LogP contribution in [0.2, 0.25) is 0 Å². The van der Waals surface area contributed by atoms with Crippen molar-refractivity contribution in [2.75, 3.05) is 32.6 Å². The molecule has 5 N–H and O–H groups in total. The third kappa shape index (κ3) is 8.91. The van der Waals surface area contributed by atoms with E-state index in [1.165, 1.54) is 29.1 Å². The predicted octanol–water partition coefficient (Wildman–Crippen LogP) is 4.41. The molecular formula is C42H45N9O9. The quantitative estimate of drug-likeness (QED) is 0.160. The molecule has 3 fully saturated rings. The van der Waals surface area contributed by atoms with Crippen LogP contribution < -0.4 is 21.3 Å². The van der Waals surface area contributed by atoms with Crippen molar-refractivity contribution in [3.05, 3.63) is 96.4 Å². The summed E-state index contributed by atoms with van der Waals surface area (Å²) in [6.07, 6.45) is 2.55. The Kier molecular flexibility index (Phi) is 12.4. The summed E-state index contributed by atoms with van der Waals surface area (Å²) in [5.74, 6) is -1.21. The summed E-state index contributed by atoms with van der Waals surface area (Å²) in [6, 6.07) is 19.2. The van der Waals surface area contributed by atoms with Gasteiger partial charge in [0.1, 0.15) is 30.0 Å². The summed E-state index contributed by atoms with van der Waals surface area (Å²) in [5, 5.41) is 13.0. The fraction of sp³-hybridized carbons (Fsp3) is 0.333. The Morgan fingerprint density at radius 1 is 0.800 bits per heavy atom. The maximum atomic E-state index is 13.7. The first-order valence-electron chi connectivity index (χ1n) is 19.6. The van der Waals surface area contributed by atoms with Crippen LogP contribution in [0.1, 0.15) is 62.0 Å². The zero-order chi connectivity index (χ0) is 42.3. The Bertz CT molecular complexity index is 2250. The number of nitrogens with zero attached hydrogens (tertiary/aromatic N) is 4. The van der Waals surface area contributed by atoms with Crippen LogP contribution in [0.3, 0.4) is 0 Å². The van der Waals surface area contributed by atoms with E-state index in [4.69, 9.17) is 9.47 Å². The summed E-state index contributed by atoms with van der Waals surface area (Å²) < 4.78 is 9.42. The number of aromatic amines is 1.